The third-order valence-corrected chi connectivity index (χ3v) is 4.75. The van der Waals surface area contributed by atoms with Gasteiger partial charge in [0.2, 0.25) is 5.78 Å². The maximum Gasteiger partial charge on any atom is 0.326 e. The second-order valence-electron chi connectivity index (χ2n) is 6.93. The summed E-state index contributed by atoms with van der Waals surface area (Å²) in [5, 5.41) is 2.44. The lowest BCUT2D eigenvalue weighted by atomic mass is 10.0. The van der Waals surface area contributed by atoms with Gasteiger partial charge in [-0.05, 0) is 51.5 Å². The molecule has 0 aliphatic carbocycles. The number of carbonyl (C=O) groups is 4. The average Bonchev–Trinajstić information content (AvgIpc) is 3.04. The molecule has 2 aromatic rings. The summed E-state index contributed by atoms with van der Waals surface area (Å²) in [6.07, 6.45) is -1.10. The third kappa shape index (κ3) is 5.30. The Bertz CT molecular complexity index is 1020. The number of H-pyrrole nitrogens is 1. The normalized spacial score (nSPS) is 11.4. The molecule has 9 heteroatoms. The zero-order chi connectivity index (χ0) is 23.3. The summed E-state index contributed by atoms with van der Waals surface area (Å²) in [5.41, 5.74) is 2.03. The van der Waals surface area contributed by atoms with Crippen LogP contribution >= 0.6 is 0 Å². The van der Waals surface area contributed by atoms with Gasteiger partial charge in [0, 0.05) is 16.8 Å². The maximum atomic E-state index is 12.6. The predicted octanol–water partition coefficient (Wildman–Crippen LogP) is 2.40. The van der Waals surface area contributed by atoms with Gasteiger partial charge in [0.1, 0.15) is 6.54 Å². The summed E-state index contributed by atoms with van der Waals surface area (Å²) in [5.74, 6) is -1.08. The maximum absolute atomic E-state index is 12.6. The SMILES string of the molecule is COc1ccc(C(=O)NCC(=O)OC(C)C(=O)c2[nH]c(C)c(C(C)=O)c2C)cc1OC. The first-order valence-corrected chi connectivity index (χ1v) is 9.54. The number of esters is 1. The van der Waals surface area contributed by atoms with Crippen LogP contribution in [0.1, 0.15) is 56.3 Å². The molecule has 31 heavy (non-hydrogen) atoms. The second kappa shape index (κ2) is 9.92. The fraction of sp³-hybridized carbons (Fsp3) is 0.364. The third-order valence-electron chi connectivity index (χ3n) is 4.75. The van der Waals surface area contributed by atoms with Gasteiger partial charge in [-0.15, -0.1) is 0 Å². The Morgan fingerprint density at radius 3 is 2.26 bits per heavy atom. The quantitative estimate of drug-likeness (QED) is 0.462. The topological polar surface area (TPSA) is 124 Å². The fourth-order valence-corrected chi connectivity index (χ4v) is 3.25. The minimum atomic E-state index is -1.10. The molecule has 0 aliphatic heterocycles. The van der Waals surface area contributed by atoms with Crippen molar-refractivity contribution in [2.75, 3.05) is 20.8 Å². The van der Waals surface area contributed by atoms with Crippen molar-refractivity contribution in [2.24, 2.45) is 0 Å². The molecule has 1 aromatic carbocycles. The number of methoxy groups -OCH3 is 2. The van der Waals surface area contributed by atoms with Gasteiger partial charge in [-0.2, -0.15) is 0 Å². The molecule has 0 bridgehead atoms. The number of nitrogens with one attached hydrogen (secondary N) is 2. The van der Waals surface area contributed by atoms with E-state index in [1.54, 1.807) is 19.9 Å². The van der Waals surface area contributed by atoms with Crippen LogP contribution in [0.25, 0.3) is 0 Å². The van der Waals surface area contributed by atoms with Crippen LogP contribution in [0, 0.1) is 13.8 Å². The van der Waals surface area contributed by atoms with Gasteiger partial charge in [-0.3, -0.25) is 19.2 Å². The van der Waals surface area contributed by atoms with Gasteiger partial charge < -0.3 is 24.5 Å². The predicted molar refractivity (Wildman–Crippen MR) is 112 cm³/mol. The van der Waals surface area contributed by atoms with Crippen LogP contribution in [-0.4, -0.2) is 55.3 Å². The van der Waals surface area contributed by atoms with Crippen LogP contribution in [0.2, 0.25) is 0 Å². The van der Waals surface area contributed by atoms with E-state index in [1.807, 2.05) is 0 Å². The number of rotatable bonds is 9. The van der Waals surface area contributed by atoms with E-state index in [-0.39, 0.29) is 17.0 Å². The van der Waals surface area contributed by atoms with Crippen molar-refractivity contribution in [3.05, 3.63) is 46.3 Å². The fourth-order valence-electron chi connectivity index (χ4n) is 3.25. The van der Waals surface area contributed by atoms with Crippen LogP contribution < -0.4 is 14.8 Å². The lowest BCUT2D eigenvalue weighted by molar-refractivity contribution is -0.145. The van der Waals surface area contributed by atoms with Crippen molar-refractivity contribution in [3.63, 3.8) is 0 Å². The lowest BCUT2D eigenvalue weighted by Crippen LogP contribution is -2.34. The monoisotopic (exact) mass is 430 g/mol. The van der Waals surface area contributed by atoms with Crippen LogP contribution in [0.4, 0.5) is 0 Å². The molecule has 0 spiro atoms. The molecule has 166 valence electrons. The molecule has 1 unspecified atom stereocenters. The van der Waals surface area contributed by atoms with Gasteiger partial charge >= 0.3 is 5.97 Å². The number of amides is 1. The molecule has 1 atom stereocenters. The number of aromatic nitrogens is 1. The van der Waals surface area contributed by atoms with Crippen LogP contribution in [0.5, 0.6) is 11.5 Å². The van der Waals surface area contributed by atoms with E-state index in [4.69, 9.17) is 14.2 Å². The highest BCUT2D eigenvalue weighted by molar-refractivity contribution is 6.05. The summed E-state index contributed by atoms with van der Waals surface area (Å²) >= 11 is 0. The Morgan fingerprint density at radius 1 is 1.06 bits per heavy atom. The number of carbonyl (C=O) groups excluding carboxylic acids is 4. The molecule has 0 saturated carbocycles. The molecule has 0 aliphatic rings. The first-order chi connectivity index (χ1) is 14.6. The number of ether oxygens (including phenoxy) is 3. The van der Waals surface area contributed by atoms with E-state index in [0.29, 0.717) is 28.3 Å². The number of aromatic amines is 1. The number of benzene rings is 1. The van der Waals surface area contributed by atoms with E-state index in [9.17, 15) is 19.2 Å². The van der Waals surface area contributed by atoms with E-state index in [0.717, 1.165) is 0 Å². The average molecular weight is 430 g/mol. The molecule has 1 heterocycles. The van der Waals surface area contributed by atoms with Crippen LogP contribution in [0.15, 0.2) is 18.2 Å². The van der Waals surface area contributed by atoms with Crippen LogP contribution in [0.3, 0.4) is 0 Å². The highest BCUT2D eigenvalue weighted by Crippen LogP contribution is 2.27. The number of hydrogen-bond donors (Lipinski definition) is 2. The molecule has 2 rings (SSSR count). The number of Topliss-reactive ketones (excluding diaryl/α,β-unsaturated/α-hetero) is 2. The molecule has 2 N–H and O–H groups in total. The Hall–Kier alpha value is -3.62. The van der Waals surface area contributed by atoms with Crippen LogP contribution in [-0.2, 0) is 9.53 Å². The Balaban J connectivity index is 1.98. The summed E-state index contributed by atoms with van der Waals surface area (Å²) in [4.78, 5) is 51.7. The molecule has 0 radical (unpaired) electrons. The van der Waals surface area contributed by atoms with Crippen molar-refractivity contribution in [1.29, 1.82) is 0 Å². The molecule has 0 saturated heterocycles. The highest BCUT2D eigenvalue weighted by atomic mass is 16.5. The van der Waals surface area contributed by atoms with E-state index in [1.165, 1.54) is 40.2 Å². The van der Waals surface area contributed by atoms with Crippen molar-refractivity contribution in [1.82, 2.24) is 10.3 Å². The number of ketones is 2. The van der Waals surface area contributed by atoms with Gasteiger partial charge in [0.15, 0.2) is 23.4 Å². The second-order valence-corrected chi connectivity index (χ2v) is 6.93. The summed E-state index contributed by atoms with van der Waals surface area (Å²) in [7, 11) is 2.93. The van der Waals surface area contributed by atoms with Gasteiger partial charge in [-0.25, -0.2) is 0 Å². The smallest absolute Gasteiger partial charge is 0.326 e. The Morgan fingerprint density at radius 2 is 1.71 bits per heavy atom. The van der Waals surface area contributed by atoms with Crippen molar-refractivity contribution in [2.45, 2.75) is 33.8 Å². The molecular formula is C22H26N2O7. The molecule has 1 aromatic heterocycles. The largest absolute Gasteiger partial charge is 0.493 e. The van der Waals surface area contributed by atoms with Gasteiger partial charge in [0.25, 0.3) is 5.91 Å². The summed E-state index contributed by atoms with van der Waals surface area (Å²) in [6, 6.07) is 4.58. The van der Waals surface area contributed by atoms with Crippen molar-refractivity contribution < 1.29 is 33.4 Å². The zero-order valence-corrected chi connectivity index (χ0v) is 18.4. The first-order valence-electron chi connectivity index (χ1n) is 9.54. The molecule has 1 amide bonds. The minimum Gasteiger partial charge on any atom is -0.493 e. The van der Waals surface area contributed by atoms with Gasteiger partial charge in [-0.1, -0.05) is 0 Å². The zero-order valence-electron chi connectivity index (χ0n) is 18.4. The number of aryl methyl sites for hydroxylation is 1. The van der Waals surface area contributed by atoms with Crippen molar-refractivity contribution >= 4 is 23.4 Å². The number of hydrogen-bond acceptors (Lipinski definition) is 7. The van der Waals surface area contributed by atoms with Crippen molar-refractivity contribution in [3.8, 4) is 11.5 Å². The van der Waals surface area contributed by atoms with E-state index in [2.05, 4.69) is 10.3 Å². The molecular weight excluding hydrogens is 404 g/mol. The lowest BCUT2D eigenvalue weighted by Gasteiger charge is -2.13. The summed E-state index contributed by atoms with van der Waals surface area (Å²) < 4.78 is 15.4. The first kappa shape index (κ1) is 23.7. The molecule has 9 nitrogen and oxygen atoms in total. The van der Waals surface area contributed by atoms with E-state index < -0.39 is 30.3 Å². The highest BCUT2D eigenvalue weighted by Gasteiger charge is 2.26. The van der Waals surface area contributed by atoms with E-state index >= 15 is 0 Å². The Labute approximate surface area is 180 Å². The Kier molecular flexibility index (Phi) is 7.57. The van der Waals surface area contributed by atoms with Gasteiger partial charge in [0.05, 0.1) is 19.9 Å². The minimum absolute atomic E-state index is 0.159. The standard InChI is InChI=1S/C22H26N2O7/c1-11-19(13(3)25)12(2)24-20(11)21(27)14(4)31-18(26)10-23-22(28)15-7-8-16(29-5)17(9-15)30-6/h7-9,14,24H,10H2,1-6H3,(H,23,28). The molecule has 0 fully saturated rings. The summed E-state index contributed by atoms with van der Waals surface area (Å²) in [6.45, 7) is 5.78.